The number of aromatic nitrogens is 2. The summed E-state index contributed by atoms with van der Waals surface area (Å²) in [5, 5.41) is 9.92. The van der Waals surface area contributed by atoms with Gasteiger partial charge >= 0.3 is 0 Å². The Morgan fingerprint density at radius 1 is 0.617 bits per heavy atom. The molecule has 0 spiro atoms. The lowest BCUT2D eigenvalue weighted by Crippen LogP contribution is -2.14. The van der Waals surface area contributed by atoms with E-state index in [1.807, 2.05) is 18.2 Å². The molecule has 0 unspecified atom stereocenters. The van der Waals surface area contributed by atoms with Crippen LogP contribution < -0.4 is 0 Å². The molecule has 224 valence electrons. The third-order valence-corrected chi connectivity index (χ3v) is 9.63. The molecule has 0 N–H and O–H groups in total. The highest BCUT2D eigenvalue weighted by atomic mass is 14.9. The number of nitriles is 1. The maximum Gasteiger partial charge on any atom is 0.160 e. The highest BCUT2D eigenvalue weighted by Gasteiger charge is 2.36. The van der Waals surface area contributed by atoms with Gasteiger partial charge in [0.05, 0.1) is 23.0 Å². The van der Waals surface area contributed by atoms with Crippen LogP contribution >= 0.6 is 0 Å². The summed E-state index contributed by atoms with van der Waals surface area (Å²) in [5.74, 6) is 0.725. The van der Waals surface area contributed by atoms with Crippen LogP contribution in [0, 0.1) is 11.3 Å². The smallest absolute Gasteiger partial charge is 0.160 e. The second-order valence-corrected chi connectivity index (χ2v) is 12.9. The van der Waals surface area contributed by atoms with Gasteiger partial charge in [0, 0.05) is 22.1 Å². The Morgan fingerprint density at radius 3 is 2.09 bits per heavy atom. The van der Waals surface area contributed by atoms with E-state index in [-0.39, 0.29) is 5.41 Å². The fraction of sp³-hybridized carbons (Fsp3) is 0.114. The lowest BCUT2D eigenvalue weighted by atomic mass is 9.82. The lowest BCUT2D eigenvalue weighted by molar-refractivity contribution is 0.660. The van der Waals surface area contributed by atoms with Gasteiger partial charge in [-0.25, -0.2) is 9.97 Å². The number of allylic oxidation sites excluding steroid dienone is 4. The summed E-state index contributed by atoms with van der Waals surface area (Å²) in [4.78, 5) is 10.2. The van der Waals surface area contributed by atoms with Crippen molar-refractivity contribution in [2.24, 2.45) is 0 Å². The van der Waals surface area contributed by atoms with Crippen molar-refractivity contribution in [2.45, 2.75) is 32.1 Å². The third kappa shape index (κ3) is 5.09. The second kappa shape index (κ2) is 11.5. The van der Waals surface area contributed by atoms with E-state index in [0.29, 0.717) is 0 Å². The Kier molecular flexibility index (Phi) is 7.00. The normalized spacial score (nSPS) is 14.2. The molecule has 0 atom stereocenters. The molecular formula is C44H33N3. The summed E-state index contributed by atoms with van der Waals surface area (Å²) in [6.07, 6.45) is 8.47. The van der Waals surface area contributed by atoms with Crippen LogP contribution in [0.15, 0.2) is 140 Å². The summed E-state index contributed by atoms with van der Waals surface area (Å²) in [6, 6.07) is 44.9. The molecule has 1 aromatic heterocycles. The van der Waals surface area contributed by atoms with Crippen molar-refractivity contribution in [1.82, 2.24) is 9.97 Å². The summed E-state index contributed by atoms with van der Waals surface area (Å²) in [6.45, 7) is 4.49. The molecule has 2 aliphatic carbocycles. The van der Waals surface area contributed by atoms with E-state index < -0.39 is 0 Å². The molecule has 1 heterocycles. The number of hydrogen-bond acceptors (Lipinski definition) is 3. The predicted octanol–water partition coefficient (Wildman–Crippen LogP) is 11.1. The van der Waals surface area contributed by atoms with Crippen molar-refractivity contribution in [2.75, 3.05) is 0 Å². The van der Waals surface area contributed by atoms with Gasteiger partial charge in [-0.2, -0.15) is 5.26 Å². The number of benzene rings is 5. The van der Waals surface area contributed by atoms with Gasteiger partial charge in [-0.3, -0.25) is 0 Å². The monoisotopic (exact) mass is 603 g/mol. The van der Waals surface area contributed by atoms with E-state index in [9.17, 15) is 5.26 Å². The number of hydrogen-bond donors (Lipinski definition) is 0. The molecule has 0 bridgehead atoms. The molecule has 47 heavy (non-hydrogen) atoms. The Labute approximate surface area is 276 Å². The van der Waals surface area contributed by atoms with Gasteiger partial charge < -0.3 is 0 Å². The van der Waals surface area contributed by atoms with E-state index in [1.54, 1.807) is 0 Å². The Morgan fingerprint density at radius 2 is 1.30 bits per heavy atom. The molecule has 3 nitrogen and oxygen atoms in total. The number of fused-ring (bicyclic) bond motifs is 3. The molecule has 0 radical (unpaired) electrons. The van der Waals surface area contributed by atoms with Crippen LogP contribution in [-0.2, 0) is 5.41 Å². The Balaban J connectivity index is 1.19. The van der Waals surface area contributed by atoms with Crippen LogP contribution in [0.4, 0.5) is 0 Å². The van der Waals surface area contributed by atoms with Gasteiger partial charge in [0.25, 0.3) is 0 Å². The fourth-order valence-electron chi connectivity index (χ4n) is 7.08. The first-order chi connectivity index (χ1) is 23.0. The van der Waals surface area contributed by atoms with Crippen molar-refractivity contribution in [3.63, 3.8) is 0 Å². The minimum Gasteiger partial charge on any atom is -0.228 e. The summed E-state index contributed by atoms with van der Waals surface area (Å²) < 4.78 is 0. The second-order valence-electron chi connectivity index (χ2n) is 12.9. The van der Waals surface area contributed by atoms with E-state index in [1.165, 1.54) is 22.3 Å². The Bertz CT molecular complexity index is 2270. The standard InChI is InChI=1S/C44H33N3/c1-44(2)38-24-23-34(26-37(38)42-36(28-45)17-10-18-39(42)44)30-19-21-32(22-20-30)41-27-40(31-13-7-4-8-14-31)46-43(47-41)35-16-9-15-33(25-35)29-11-5-3-6-12-29/h3-7,9-13,15-27H,8,14H2,1-2H3. The van der Waals surface area contributed by atoms with Gasteiger partial charge in [-0.05, 0) is 81.6 Å². The van der Waals surface area contributed by atoms with Crippen molar-refractivity contribution in [3.05, 3.63) is 162 Å². The van der Waals surface area contributed by atoms with Crippen molar-refractivity contribution in [3.8, 4) is 62.1 Å². The number of nitrogens with zero attached hydrogens (tertiary/aromatic N) is 3. The quantitative estimate of drug-likeness (QED) is 0.197. The molecule has 0 saturated carbocycles. The van der Waals surface area contributed by atoms with Crippen LogP contribution in [0.1, 0.15) is 49.1 Å². The van der Waals surface area contributed by atoms with Crippen molar-refractivity contribution in [1.29, 1.82) is 5.26 Å². The van der Waals surface area contributed by atoms with Crippen LogP contribution in [0.25, 0.3) is 61.6 Å². The van der Waals surface area contributed by atoms with Crippen molar-refractivity contribution >= 4 is 5.57 Å². The maximum atomic E-state index is 9.92. The van der Waals surface area contributed by atoms with Gasteiger partial charge in [0.15, 0.2) is 5.82 Å². The maximum absolute atomic E-state index is 9.92. The van der Waals surface area contributed by atoms with Gasteiger partial charge in [-0.15, -0.1) is 0 Å². The molecule has 0 aliphatic heterocycles. The first-order valence-electron chi connectivity index (χ1n) is 16.2. The van der Waals surface area contributed by atoms with Gasteiger partial charge in [0.1, 0.15) is 0 Å². The zero-order valence-corrected chi connectivity index (χ0v) is 26.5. The zero-order chi connectivity index (χ0) is 32.0. The molecule has 8 rings (SSSR count). The molecule has 0 saturated heterocycles. The average Bonchev–Trinajstić information content (AvgIpc) is 3.38. The van der Waals surface area contributed by atoms with E-state index >= 15 is 0 Å². The molecular weight excluding hydrogens is 571 g/mol. The van der Waals surface area contributed by atoms with Crippen LogP contribution in [0.5, 0.6) is 0 Å². The van der Waals surface area contributed by atoms with Gasteiger partial charge in [-0.1, -0.05) is 129 Å². The van der Waals surface area contributed by atoms with E-state index in [2.05, 4.69) is 141 Å². The van der Waals surface area contributed by atoms with E-state index in [0.717, 1.165) is 74.6 Å². The largest absolute Gasteiger partial charge is 0.228 e. The highest BCUT2D eigenvalue weighted by molar-refractivity contribution is 5.88. The average molecular weight is 604 g/mol. The minimum absolute atomic E-state index is 0.146. The van der Waals surface area contributed by atoms with Gasteiger partial charge in [0.2, 0.25) is 0 Å². The highest BCUT2D eigenvalue weighted by Crippen LogP contribution is 2.50. The molecule has 2 aliphatic rings. The number of rotatable bonds is 5. The molecule has 3 heteroatoms. The van der Waals surface area contributed by atoms with E-state index in [4.69, 9.17) is 9.97 Å². The molecule has 0 amide bonds. The minimum atomic E-state index is -0.146. The summed E-state index contributed by atoms with van der Waals surface area (Å²) in [5.41, 5.74) is 15.0. The fourth-order valence-corrected chi connectivity index (χ4v) is 7.08. The topological polar surface area (TPSA) is 49.6 Å². The predicted molar refractivity (Wildman–Crippen MR) is 192 cm³/mol. The SMILES string of the molecule is CC1(C)c2ccc(-c3ccc(-c4cc(C5=CC=CCC5)nc(-c5cccc(-c6ccccc6)c5)n4)cc3)cc2-c2c(C#N)cccc21. The first kappa shape index (κ1) is 28.6. The zero-order valence-electron chi connectivity index (χ0n) is 26.5. The molecule has 6 aromatic rings. The van der Waals surface area contributed by atoms with Crippen LogP contribution in [0.2, 0.25) is 0 Å². The lowest BCUT2D eigenvalue weighted by Gasteiger charge is -2.21. The van der Waals surface area contributed by atoms with Crippen LogP contribution in [0.3, 0.4) is 0 Å². The first-order valence-corrected chi connectivity index (χ1v) is 16.2. The summed E-state index contributed by atoms with van der Waals surface area (Å²) >= 11 is 0. The van der Waals surface area contributed by atoms with Crippen molar-refractivity contribution < 1.29 is 0 Å². The Hall–Kier alpha value is -5.85. The molecule has 0 fully saturated rings. The van der Waals surface area contributed by atoms with Crippen LogP contribution in [-0.4, -0.2) is 9.97 Å². The summed E-state index contributed by atoms with van der Waals surface area (Å²) in [7, 11) is 0. The third-order valence-electron chi connectivity index (χ3n) is 9.63. The molecule has 5 aromatic carbocycles.